The number of carbonyl (C=O) groups is 1. The van der Waals surface area contributed by atoms with Crippen LogP contribution in [-0.2, 0) is 12.6 Å². The van der Waals surface area contributed by atoms with Crippen molar-refractivity contribution < 1.29 is 14.3 Å². The van der Waals surface area contributed by atoms with Gasteiger partial charge in [0.2, 0.25) is 0 Å². The molecule has 1 heterocycles. The smallest absolute Gasteiger partial charge is 0.319 e. The molecule has 0 saturated heterocycles. The van der Waals surface area contributed by atoms with Gasteiger partial charge in [0.15, 0.2) is 0 Å². The van der Waals surface area contributed by atoms with Crippen LogP contribution in [0.15, 0.2) is 30.6 Å². The van der Waals surface area contributed by atoms with E-state index in [4.69, 9.17) is 5.26 Å². The summed E-state index contributed by atoms with van der Waals surface area (Å²) in [5.41, 5.74) is -0.543. The van der Waals surface area contributed by atoms with Crippen LogP contribution in [0.1, 0.15) is 18.1 Å². The van der Waals surface area contributed by atoms with Crippen LogP contribution in [0.4, 0.5) is 14.9 Å². The number of hydrogen-bond donors (Lipinski definition) is 3. The summed E-state index contributed by atoms with van der Waals surface area (Å²) >= 11 is 0. The van der Waals surface area contributed by atoms with Crippen molar-refractivity contribution >= 4 is 11.7 Å². The highest BCUT2D eigenvalue weighted by Crippen LogP contribution is 2.19. The average Bonchev–Trinajstić information content (AvgIpc) is 2.94. The number of rotatable bonds is 4. The molecular weight excluding hydrogens is 301 g/mol. The lowest BCUT2D eigenvalue weighted by Crippen LogP contribution is -2.40. The summed E-state index contributed by atoms with van der Waals surface area (Å²) in [6.07, 6.45) is 3.15. The quantitative estimate of drug-likeness (QED) is 0.794. The van der Waals surface area contributed by atoms with E-state index in [9.17, 15) is 14.3 Å². The van der Waals surface area contributed by atoms with Gasteiger partial charge >= 0.3 is 6.03 Å². The Morgan fingerprint density at radius 3 is 2.91 bits per heavy atom. The monoisotopic (exact) mass is 317 g/mol. The van der Waals surface area contributed by atoms with Gasteiger partial charge in [0.05, 0.1) is 24.0 Å². The minimum atomic E-state index is -1.30. The molecule has 0 fully saturated rings. The number of anilines is 1. The van der Waals surface area contributed by atoms with E-state index in [-0.39, 0.29) is 17.8 Å². The van der Waals surface area contributed by atoms with Gasteiger partial charge in [-0.3, -0.25) is 4.68 Å². The lowest BCUT2D eigenvalue weighted by Gasteiger charge is -2.22. The molecule has 8 heteroatoms. The van der Waals surface area contributed by atoms with Gasteiger partial charge in [0, 0.05) is 18.8 Å². The number of urea groups is 1. The summed E-state index contributed by atoms with van der Waals surface area (Å²) in [6.45, 7) is 1.48. The Labute approximate surface area is 132 Å². The normalized spacial score (nSPS) is 13.0. The molecule has 0 spiro atoms. The SMILES string of the molecule is Cn1cc(C(C)(O)CNC(=O)Nc2ccc(F)cc2C#N)cn1. The van der Waals surface area contributed by atoms with Gasteiger partial charge < -0.3 is 15.7 Å². The third-order valence-electron chi connectivity index (χ3n) is 3.27. The molecule has 1 unspecified atom stereocenters. The van der Waals surface area contributed by atoms with Crippen molar-refractivity contribution in [3.8, 4) is 6.07 Å². The predicted molar refractivity (Wildman–Crippen MR) is 80.9 cm³/mol. The highest BCUT2D eigenvalue weighted by Gasteiger charge is 2.25. The van der Waals surface area contributed by atoms with Gasteiger partial charge in [-0.25, -0.2) is 9.18 Å². The van der Waals surface area contributed by atoms with Crippen LogP contribution in [0, 0.1) is 17.1 Å². The molecule has 1 atom stereocenters. The number of carbonyl (C=O) groups excluding carboxylic acids is 1. The molecule has 0 bridgehead atoms. The molecule has 0 saturated carbocycles. The van der Waals surface area contributed by atoms with Crippen LogP contribution in [0.3, 0.4) is 0 Å². The average molecular weight is 317 g/mol. The Hall–Kier alpha value is -2.92. The number of halogens is 1. The van der Waals surface area contributed by atoms with Crippen LogP contribution in [-0.4, -0.2) is 27.5 Å². The number of hydrogen-bond acceptors (Lipinski definition) is 4. The maximum Gasteiger partial charge on any atom is 0.319 e. The third kappa shape index (κ3) is 4.05. The van der Waals surface area contributed by atoms with Crippen LogP contribution < -0.4 is 10.6 Å². The summed E-state index contributed by atoms with van der Waals surface area (Å²) in [5.74, 6) is -0.563. The molecule has 2 rings (SSSR count). The van der Waals surface area contributed by atoms with Gasteiger partial charge in [-0.1, -0.05) is 0 Å². The Kier molecular flexibility index (Phi) is 4.62. The Bertz CT molecular complexity index is 763. The van der Waals surface area contributed by atoms with Crippen LogP contribution in [0.25, 0.3) is 0 Å². The van der Waals surface area contributed by atoms with Crippen molar-refractivity contribution in [2.75, 3.05) is 11.9 Å². The molecule has 0 aliphatic rings. The van der Waals surface area contributed by atoms with E-state index < -0.39 is 17.4 Å². The highest BCUT2D eigenvalue weighted by atomic mass is 19.1. The first-order valence-corrected chi connectivity index (χ1v) is 6.78. The molecule has 0 radical (unpaired) electrons. The molecule has 0 aliphatic heterocycles. The minimum absolute atomic E-state index is 0.0131. The van der Waals surface area contributed by atoms with Gasteiger partial charge in [-0.15, -0.1) is 0 Å². The summed E-state index contributed by atoms with van der Waals surface area (Å²) in [5, 5.41) is 28.2. The number of nitrogens with zero attached hydrogens (tertiary/aromatic N) is 3. The van der Waals surface area contributed by atoms with Crippen molar-refractivity contribution in [3.05, 3.63) is 47.5 Å². The van der Waals surface area contributed by atoms with Crippen LogP contribution in [0.2, 0.25) is 0 Å². The first-order valence-electron chi connectivity index (χ1n) is 6.78. The topological polar surface area (TPSA) is 103 Å². The standard InChI is InChI=1S/C15H16FN5O2/c1-15(23,11-7-19-21(2)8-11)9-18-14(22)20-13-4-3-12(16)5-10(13)6-17/h3-5,7-8,23H,9H2,1-2H3,(H2,18,20,22). The maximum atomic E-state index is 13.0. The second-order valence-corrected chi connectivity index (χ2v) is 5.29. The summed E-state index contributed by atoms with van der Waals surface area (Å²) in [6, 6.07) is 4.65. The Balaban J connectivity index is 1.99. The Morgan fingerprint density at radius 2 is 2.30 bits per heavy atom. The van der Waals surface area contributed by atoms with Crippen molar-refractivity contribution in [2.24, 2.45) is 7.05 Å². The molecular formula is C15H16FN5O2. The fourth-order valence-electron chi connectivity index (χ4n) is 1.94. The predicted octanol–water partition coefficient (Wildman–Crippen LogP) is 1.46. The lowest BCUT2D eigenvalue weighted by molar-refractivity contribution is 0.0599. The van der Waals surface area contributed by atoms with Gasteiger partial charge in [0.1, 0.15) is 17.5 Å². The second-order valence-electron chi connectivity index (χ2n) is 5.29. The first kappa shape index (κ1) is 16.5. The molecule has 1 aromatic heterocycles. The zero-order chi connectivity index (χ0) is 17.0. The molecule has 7 nitrogen and oxygen atoms in total. The molecule has 2 aromatic rings. The van der Waals surface area contributed by atoms with Crippen molar-refractivity contribution in [3.63, 3.8) is 0 Å². The molecule has 23 heavy (non-hydrogen) atoms. The molecule has 2 amide bonds. The van der Waals surface area contributed by atoms with Gasteiger partial charge in [-0.2, -0.15) is 10.4 Å². The fraction of sp³-hybridized carbons (Fsp3) is 0.267. The third-order valence-corrected chi connectivity index (χ3v) is 3.27. The molecule has 120 valence electrons. The maximum absolute atomic E-state index is 13.0. The highest BCUT2D eigenvalue weighted by molar-refractivity contribution is 5.90. The van der Waals surface area contributed by atoms with Gasteiger partial charge in [0.25, 0.3) is 0 Å². The number of benzene rings is 1. The largest absolute Gasteiger partial charge is 0.383 e. The number of aryl methyl sites for hydroxylation is 1. The van der Waals surface area contributed by atoms with E-state index >= 15 is 0 Å². The lowest BCUT2D eigenvalue weighted by atomic mass is 10.00. The Morgan fingerprint density at radius 1 is 1.57 bits per heavy atom. The van der Waals surface area contributed by atoms with Gasteiger partial charge in [-0.05, 0) is 25.1 Å². The zero-order valence-corrected chi connectivity index (χ0v) is 12.7. The van der Waals surface area contributed by atoms with Crippen molar-refractivity contribution in [1.29, 1.82) is 5.26 Å². The number of nitriles is 1. The van der Waals surface area contributed by atoms with Crippen LogP contribution in [0.5, 0.6) is 0 Å². The number of amides is 2. The van der Waals surface area contributed by atoms with E-state index in [1.165, 1.54) is 12.3 Å². The molecule has 3 N–H and O–H groups in total. The van der Waals surface area contributed by atoms with E-state index in [2.05, 4.69) is 15.7 Å². The number of aromatic nitrogens is 2. The molecule has 1 aromatic carbocycles. The number of nitrogens with one attached hydrogen (secondary N) is 2. The number of aliphatic hydroxyl groups is 1. The minimum Gasteiger partial charge on any atom is -0.383 e. The van der Waals surface area contributed by atoms with E-state index in [1.54, 1.807) is 30.9 Å². The summed E-state index contributed by atoms with van der Waals surface area (Å²) in [7, 11) is 1.72. The zero-order valence-electron chi connectivity index (χ0n) is 12.7. The second kappa shape index (κ2) is 6.46. The fourth-order valence-corrected chi connectivity index (χ4v) is 1.94. The van der Waals surface area contributed by atoms with Crippen molar-refractivity contribution in [2.45, 2.75) is 12.5 Å². The summed E-state index contributed by atoms with van der Waals surface area (Å²) < 4.78 is 14.6. The van der Waals surface area contributed by atoms with E-state index in [1.807, 2.05) is 0 Å². The first-order chi connectivity index (χ1) is 10.8. The van der Waals surface area contributed by atoms with E-state index in [0.717, 1.165) is 12.1 Å². The molecule has 0 aliphatic carbocycles. The summed E-state index contributed by atoms with van der Waals surface area (Å²) in [4.78, 5) is 11.9. The van der Waals surface area contributed by atoms with Crippen molar-refractivity contribution in [1.82, 2.24) is 15.1 Å². The van der Waals surface area contributed by atoms with Crippen LogP contribution >= 0.6 is 0 Å². The van der Waals surface area contributed by atoms with E-state index in [0.29, 0.717) is 5.56 Å².